The zero-order valence-corrected chi connectivity index (χ0v) is 11.8. The number of benzene rings is 1. The first kappa shape index (κ1) is 12.7. The minimum absolute atomic E-state index is 0.176. The van der Waals surface area contributed by atoms with Gasteiger partial charge in [0, 0.05) is 5.56 Å². The van der Waals surface area contributed by atoms with Gasteiger partial charge in [-0.3, -0.25) is 4.79 Å². The second kappa shape index (κ2) is 4.49. The summed E-state index contributed by atoms with van der Waals surface area (Å²) in [7, 11) is -0.779. The van der Waals surface area contributed by atoms with E-state index in [-0.39, 0.29) is 4.75 Å². The van der Waals surface area contributed by atoms with Crippen molar-refractivity contribution in [3.8, 4) is 0 Å². The van der Waals surface area contributed by atoms with Crippen LogP contribution in [0, 0.1) is 0 Å². The summed E-state index contributed by atoms with van der Waals surface area (Å²) in [5, 5.41) is 0. The molecule has 0 saturated carbocycles. The van der Waals surface area contributed by atoms with Crippen molar-refractivity contribution in [3.05, 3.63) is 35.9 Å². The highest BCUT2D eigenvalue weighted by Gasteiger charge is 2.43. The van der Waals surface area contributed by atoms with Gasteiger partial charge in [-0.25, -0.2) is 10.0 Å². The van der Waals surface area contributed by atoms with Crippen LogP contribution in [0.4, 0.5) is 0 Å². The largest absolute Gasteiger partial charge is 0.293 e. The van der Waals surface area contributed by atoms with E-state index in [1.807, 2.05) is 30.3 Å². The van der Waals surface area contributed by atoms with Crippen LogP contribution in [0.1, 0.15) is 37.0 Å². The van der Waals surface area contributed by atoms with E-state index in [2.05, 4.69) is 20.1 Å². The quantitative estimate of drug-likeness (QED) is 0.744. The van der Waals surface area contributed by atoms with Crippen LogP contribution >= 0.6 is 10.0 Å². The van der Waals surface area contributed by atoms with Crippen LogP contribution in [0.25, 0.3) is 0 Å². The van der Waals surface area contributed by atoms with Gasteiger partial charge in [-0.15, -0.1) is 0 Å². The van der Waals surface area contributed by atoms with E-state index in [4.69, 9.17) is 0 Å². The molecule has 0 N–H and O–H groups in total. The van der Waals surface area contributed by atoms with Crippen LogP contribution < -0.4 is 0 Å². The van der Waals surface area contributed by atoms with Gasteiger partial charge in [-0.05, 0) is 44.5 Å². The van der Waals surface area contributed by atoms with Gasteiger partial charge < -0.3 is 0 Å². The topological polar surface area (TPSA) is 17.1 Å². The molecule has 2 heteroatoms. The fourth-order valence-electron chi connectivity index (χ4n) is 2.61. The van der Waals surface area contributed by atoms with Crippen LogP contribution in [0.15, 0.2) is 30.3 Å². The van der Waals surface area contributed by atoms with Crippen molar-refractivity contribution in [2.45, 2.75) is 31.4 Å². The Bertz CT molecular complexity index is 402. The summed E-state index contributed by atoms with van der Waals surface area (Å²) in [5.74, 6) is 2.86. The first-order valence-electron chi connectivity index (χ1n) is 6.30. The molecule has 2 rings (SSSR count). The lowest BCUT2D eigenvalue weighted by molar-refractivity contribution is 0.0956. The van der Waals surface area contributed by atoms with Crippen molar-refractivity contribution in [3.63, 3.8) is 0 Å². The molecule has 0 aliphatic carbocycles. The molecule has 1 fully saturated rings. The van der Waals surface area contributed by atoms with Crippen LogP contribution in [-0.2, 0) is 0 Å². The van der Waals surface area contributed by atoms with Crippen LogP contribution in [0.3, 0.4) is 0 Å². The first-order chi connectivity index (χ1) is 7.97. The van der Waals surface area contributed by atoms with Gasteiger partial charge in [0.05, 0.1) is 4.75 Å². The average Bonchev–Trinajstić information content (AvgIpc) is 2.78. The van der Waals surface area contributed by atoms with Gasteiger partial charge in [0.15, 0.2) is 5.78 Å². The zero-order valence-electron chi connectivity index (χ0n) is 11.0. The summed E-state index contributed by atoms with van der Waals surface area (Å²) < 4.78 is -0.176. The maximum Gasteiger partial charge on any atom is 0.176 e. The van der Waals surface area contributed by atoms with E-state index in [1.165, 1.54) is 24.3 Å². The SMILES string of the molecule is CC(C)(C(=O)c1ccccc1)S1(C)CCCC1. The molecule has 0 spiro atoms. The Morgan fingerprint density at radius 2 is 1.65 bits per heavy atom. The number of ketones is 1. The second-order valence-corrected chi connectivity index (χ2v) is 9.98. The van der Waals surface area contributed by atoms with Crippen LogP contribution in [-0.4, -0.2) is 28.3 Å². The highest BCUT2D eigenvalue weighted by molar-refractivity contribution is 8.34. The summed E-state index contributed by atoms with van der Waals surface area (Å²) in [6.45, 7) is 4.31. The Morgan fingerprint density at radius 3 is 2.18 bits per heavy atom. The van der Waals surface area contributed by atoms with E-state index in [9.17, 15) is 4.79 Å². The standard InChI is InChI=1S/C15H22OS/c1-15(2,17(3)11-7-8-12-17)14(16)13-9-5-4-6-10-13/h4-6,9-10H,7-8,11-12H2,1-3H3. The van der Waals surface area contributed by atoms with Crippen molar-refractivity contribution >= 4 is 15.8 Å². The van der Waals surface area contributed by atoms with E-state index >= 15 is 0 Å². The summed E-state index contributed by atoms with van der Waals surface area (Å²) in [4.78, 5) is 12.7. The second-order valence-electron chi connectivity index (χ2n) is 5.60. The molecule has 0 radical (unpaired) electrons. The van der Waals surface area contributed by atoms with Gasteiger partial charge in [-0.1, -0.05) is 30.3 Å². The Kier molecular flexibility index (Phi) is 3.35. The smallest absolute Gasteiger partial charge is 0.176 e. The molecule has 1 nitrogen and oxygen atoms in total. The molecule has 1 aromatic carbocycles. The van der Waals surface area contributed by atoms with Crippen molar-refractivity contribution in [2.75, 3.05) is 17.8 Å². The van der Waals surface area contributed by atoms with E-state index in [0.717, 1.165) is 5.56 Å². The van der Waals surface area contributed by atoms with Crippen molar-refractivity contribution in [1.29, 1.82) is 0 Å². The molecule has 0 atom stereocenters. The van der Waals surface area contributed by atoms with Gasteiger partial charge in [0.25, 0.3) is 0 Å². The summed E-state index contributed by atoms with van der Waals surface area (Å²) in [6.07, 6.45) is 4.97. The lowest BCUT2D eigenvalue weighted by atomic mass is 10.0. The Hall–Kier alpha value is -0.760. The fourth-order valence-corrected chi connectivity index (χ4v) is 6.09. The van der Waals surface area contributed by atoms with E-state index < -0.39 is 10.0 Å². The third kappa shape index (κ3) is 2.15. The molecule has 1 heterocycles. The molecule has 1 aliphatic heterocycles. The van der Waals surface area contributed by atoms with Gasteiger partial charge in [-0.2, -0.15) is 0 Å². The van der Waals surface area contributed by atoms with Gasteiger partial charge in [0.2, 0.25) is 0 Å². The molecule has 1 saturated heterocycles. The predicted molar refractivity (Wildman–Crippen MR) is 77.3 cm³/mol. The molecular formula is C15H22OS. The zero-order chi connectivity index (χ0) is 12.5. The van der Waals surface area contributed by atoms with Crippen molar-refractivity contribution in [1.82, 2.24) is 0 Å². The number of hydrogen-bond donors (Lipinski definition) is 0. The highest BCUT2D eigenvalue weighted by atomic mass is 32.3. The summed E-state index contributed by atoms with van der Waals surface area (Å²) in [5.41, 5.74) is 0.873. The molecule has 0 unspecified atom stereocenters. The number of carbonyl (C=O) groups is 1. The van der Waals surface area contributed by atoms with Crippen molar-refractivity contribution < 1.29 is 4.79 Å². The highest BCUT2D eigenvalue weighted by Crippen LogP contribution is 2.61. The minimum atomic E-state index is -0.779. The molecule has 0 bridgehead atoms. The third-order valence-electron chi connectivity index (χ3n) is 4.25. The molecular weight excluding hydrogens is 228 g/mol. The minimum Gasteiger partial charge on any atom is -0.293 e. The maximum atomic E-state index is 12.7. The molecule has 1 aromatic rings. The van der Waals surface area contributed by atoms with Crippen molar-refractivity contribution in [2.24, 2.45) is 0 Å². The number of rotatable bonds is 3. The third-order valence-corrected chi connectivity index (χ3v) is 9.28. The molecule has 0 amide bonds. The Morgan fingerprint density at radius 1 is 1.12 bits per heavy atom. The predicted octanol–water partition coefficient (Wildman–Crippen LogP) is 3.88. The lowest BCUT2D eigenvalue weighted by Gasteiger charge is -2.45. The van der Waals surface area contributed by atoms with E-state index in [0.29, 0.717) is 5.78 Å². The van der Waals surface area contributed by atoms with Gasteiger partial charge >= 0.3 is 0 Å². The summed E-state index contributed by atoms with van der Waals surface area (Å²) in [6, 6.07) is 9.77. The Balaban J connectivity index is 2.29. The van der Waals surface area contributed by atoms with E-state index in [1.54, 1.807) is 0 Å². The normalized spacial score (nSPS) is 21.1. The first-order valence-corrected chi connectivity index (χ1v) is 8.68. The van der Waals surface area contributed by atoms with Crippen LogP contribution in [0.2, 0.25) is 0 Å². The average molecular weight is 250 g/mol. The number of Topliss-reactive ketones (excluding diaryl/α,β-unsaturated/α-hetero) is 1. The maximum absolute atomic E-state index is 12.7. The van der Waals surface area contributed by atoms with Gasteiger partial charge in [0.1, 0.15) is 0 Å². The fraction of sp³-hybridized carbons (Fsp3) is 0.533. The van der Waals surface area contributed by atoms with Crippen LogP contribution in [0.5, 0.6) is 0 Å². The Labute approximate surface area is 106 Å². The number of hydrogen-bond acceptors (Lipinski definition) is 1. The monoisotopic (exact) mass is 250 g/mol. The molecule has 17 heavy (non-hydrogen) atoms. The number of carbonyl (C=O) groups excluding carboxylic acids is 1. The molecule has 1 aliphatic rings. The molecule has 0 aromatic heterocycles. The summed E-state index contributed by atoms with van der Waals surface area (Å²) >= 11 is 0. The molecule has 94 valence electrons. The lowest BCUT2D eigenvalue weighted by Crippen LogP contribution is -2.38.